The molecule has 2 aromatic rings. The van der Waals surface area contributed by atoms with E-state index in [0.717, 1.165) is 32.1 Å². The topological polar surface area (TPSA) is 46.6 Å². The Labute approximate surface area is 196 Å². The first kappa shape index (κ1) is 21.9. The molecule has 0 spiro atoms. The lowest BCUT2D eigenvalue weighted by atomic mass is 9.76. The van der Waals surface area contributed by atoms with E-state index in [-0.39, 0.29) is 30.0 Å². The molecule has 3 aliphatic rings. The molecule has 2 unspecified atom stereocenters. The minimum Gasteiger partial charge on any atom is -0.448 e. The second-order valence-corrected chi connectivity index (χ2v) is 10.1. The van der Waals surface area contributed by atoms with Crippen LogP contribution < -0.4 is 0 Å². The van der Waals surface area contributed by atoms with Gasteiger partial charge in [-0.25, -0.2) is 4.79 Å². The lowest BCUT2D eigenvalue weighted by molar-refractivity contribution is -0.125. The lowest BCUT2D eigenvalue weighted by Crippen LogP contribution is -2.55. The van der Waals surface area contributed by atoms with Crippen molar-refractivity contribution < 1.29 is 14.3 Å². The molecule has 2 aromatic carbocycles. The zero-order chi connectivity index (χ0) is 22.9. The van der Waals surface area contributed by atoms with Crippen LogP contribution in [0.3, 0.4) is 0 Å². The second kappa shape index (κ2) is 9.17. The third-order valence-corrected chi connectivity index (χ3v) is 7.69. The predicted octanol–water partition coefficient (Wildman–Crippen LogP) is 6.49. The number of nitrogens with zero attached hydrogens (tertiary/aromatic N) is 1. The van der Waals surface area contributed by atoms with Crippen LogP contribution in [0.4, 0.5) is 4.79 Å². The zero-order valence-corrected chi connectivity index (χ0v) is 19.6. The van der Waals surface area contributed by atoms with E-state index in [4.69, 9.17) is 4.74 Å². The standard InChI is InChI=1S/C29H33NO3/c1-19(2)14-15-28(31)20-16-21-8-7-9-22(17-20)30(21)29(32)33-18-27-25-12-5-3-10-23(25)24-11-4-6-13-26(24)27/h3-6,10-14,20-22,27H,7-9,15-18H2,1-2H3. The molecule has 2 atom stereocenters. The van der Waals surface area contributed by atoms with Crippen LogP contribution in [0.1, 0.15) is 69.4 Å². The summed E-state index contributed by atoms with van der Waals surface area (Å²) < 4.78 is 5.98. The monoisotopic (exact) mass is 443 g/mol. The number of benzene rings is 2. The van der Waals surface area contributed by atoms with Crippen LogP contribution >= 0.6 is 0 Å². The summed E-state index contributed by atoms with van der Waals surface area (Å²) in [4.78, 5) is 28.0. The number of rotatable bonds is 5. The van der Waals surface area contributed by atoms with Crippen LogP contribution in [0.25, 0.3) is 11.1 Å². The first-order valence-corrected chi connectivity index (χ1v) is 12.3. The molecule has 0 saturated carbocycles. The van der Waals surface area contributed by atoms with Gasteiger partial charge >= 0.3 is 6.09 Å². The predicted molar refractivity (Wildman–Crippen MR) is 130 cm³/mol. The first-order valence-electron chi connectivity index (χ1n) is 12.3. The van der Waals surface area contributed by atoms with Crippen LogP contribution in [0, 0.1) is 5.92 Å². The summed E-state index contributed by atoms with van der Waals surface area (Å²) >= 11 is 0. The zero-order valence-electron chi connectivity index (χ0n) is 19.6. The van der Waals surface area contributed by atoms with Crippen molar-refractivity contribution in [3.05, 3.63) is 71.3 Å². The van der Waals surface area contributed by atoms with Crippen molar-refractivity contribution in [2.45, 2.75) is 70.4 Å². The maximum absolute atomic E-state index is 13.3. The van der Waals surface area contributed by atoms with Gasteiger partial charge in [0.05, 0.1) is 0 Å². The molecule has 2 heterocycles. The van der Waals surface area contributed by atoms with Crippen molar-refractivity contribution in [1.29, 1.82) is 0 Å². The van der Waals surface area contributed by atoms with Crippen molar-refractivity contribution in [2.75, 3.05) is 6.61 Å². The molecule has 1 aliphatic carbocycles. The third-order valence-electron chi connectivity index (χ3n) is 7.69. The minimum absolute atomic E-state index is 0.0635. The summed E-state index contributed by atoms with van der Waals surface area (Å²) in [5, 5.41) is 0. The molecule has 4 heteroatoms. The molecular formula is C29H33NO3. The van der Waals surface area contributed by atoms with Crippen LogP contribution in [0.15, 0.2) is 60.2 Å². The summed E-state index contributed by atoms with van der Waals surface area (Å²) in [6.45, 7) is 4.41. The van der Waals surface area contributed by atoms with Crippen LogP contribution in [0.5, 0.6) is 0 Å². The summed E-state index contributed by atoms with van der Waals surface area (Å²) in [6, 6.07) is 17.1. The molecule has 2 saturated heterocycles. The van der Waals surface area contributed by atoms with Crippen LogP contribution in [-0.2, 0) is 9.53 Å². The van der Waals surface area contributed by atoms with Gasteiger partial charge < -0.3 is 9.64 Å². The Morgan fingerprint density at radius 3 is 2.09 bits per heavy atom. The van der Waals surface area contributed by atoms with Crippen LogP contribution in [0.2, 0.25) is 0 Å². The largest absolute Gasteiger partial charge is 0.448 e. The van der Waals surface area contributed by atoms with Gasteiger partial charge in [0, 0.05) is 30.3 Å². The smallest absolute Gasteiger partial charge is 0.410 e. The van der Waals surface area contributed by atoms with Crippen molar-refractivity contribution in [3.8, 4) is 11.1 Å². The van der Waals surface area contributed by atoms with Gasteiger partial charge in [-0.3, -0.25) is 4.79 Å². The van der Waals surface area contributed by atoms with Crippen LogP contribution in [-0.4, -0.2) is 35.5 Å². The SMILES string of the molecule is CC(C)=CCC(=O)C1CC2CCCC(C1)N2C(=O)OCC1c2ccccc2-c2ccccc21. The summed E-state index contributed by atoms with van der Waals surface area (Å²) in [7, 11) is 0. The molecular weight excluding hydrogens is 410 g/mol. The Kier molecular flexibility index (Phi) is 6.09. The molecule has 172 valence electrons. The molecule has 33 heavy (non-hydrogen) atoms. The van der Waals surface area contributed by atoms with Gasteiger partial charge in [0.2, 0.25) is 0 Å². The Morgan fingerprint density at radius 2 is 1.52 bits per heavy atom. The van der Waals surface area contributed by atoms with E-state index < -0.39 is 0 Å². The van der Waals surface area contributed by atoms with E-state index in [9.17, 15) is 9.59 Å². The van der Waals surface area contributed by atoms with Crippen molar-refractivity contribution in [1.82, 2.24) is 4.90 Å². The van der Waals surface area contributed by atoms with Gasteiger partial charge in [0.15, 0.2) is 0 Å². The molecule has 4 nitrogen and oxygen atoms in total. The highest BCUT2D eigenvalue weighted by Crippen LogP contribution is 2.45. The van der Waals surface area contributed by atoms with Gasteiger partial charge in [0.25, 0.3) is 0 Å². The Balaban J connectivity index is 1.27. The Morgan fingerprint density at radius 1 is 0.939 bits per heavy atom. The highest BCUT2D eigenvalue weighted by Gasteiger charge is 2.43. The number of hydrogen-bond donors (Lipinski definition) is 0. The molecule has 1 amide bonds. The van der Waals surface area contributed by atoms with E-state index in [0.29, 0.717) is 18.8 Å². The molecule has 2 aliphatic heterocycles. The van der Waals surface area contributed by atoms with E-state index in [1.807, 2.05) is 24.8 Å². The average Bonchev–Trinajstić information content (AvgIpc) is 3.14. The van der Waals surface area contributed by atoms with E-state index in [2.05, 4.69) is 48.5 Å². The number of ketones is 1. The van der Waals surface area contributed by atoms with E-state index >= 15 is 0 Å². The molecule has 5 rings (SSSR count). The van der Waals surface area contributed by atoms with Gasteiger partial charge in [-0.2, -0.15) is 0 Å². The highest BCUT2D eigenvalue weighted by molar-refractivity contribution is 5.83. The fraction of sp³-hybridized carbons (Fsp3) is 0.448. The second-order valence-electron chi connectivity index (χ2n) is 10.1. The summed E-state index contributed by atoms with van der Waals surface area (Å²) in [6.07, 6.45) is 6.93. The maximum atomic E-state index is 13.3. The number of Topliss-reactive ketones (excluding diaryl/α,β-unsaturated/α-hetero) is 1. The Hall–Kier alpha value is -2.88. The maximum Gasteiger partial charge on any atom is 0.410 e. The normalized spacial score (nSPS) is 23.5. The number of amides is 1. The number of hydrogen-bond acceptors (Lipinski definition) is 3. The lowest BCUT2D eigenvalue weighted by Gasteiger charge is -2.47. The number of carbonyl (C=O) groups is 2. The molecule has 0 aromatic heterocycles. The summed E-state index contributed by atoms with van der Waals surface area (Å²) in [5.41, 5.74) is 6.12. The average molecular weight is 444 g/mol. The van der Waals surface area contributed by atoms with Gasteiger partial charge in [-0.15, -0.1) is 0 Å². The Bertz CT molecular complexity index is 1020. The molecule has 0 N–H and O–H groups in total. The fourth-order valence-corrected chi connectivity index (χ4v) is 6.08. The van der Waals surface area contributed by atoms with Gasteiger partial charge in [-0.1, -0.05) is 60.2 Å². The molecule has 2 bridgehead atoms. The van der Waals surface area contributed by atoms with Gasteiger partial charge in [-0.05, 0) is 68.2 Å². The third kappa shape index (κ3) is 4.23. The van der Waals surface area contributed by atoms with Crippen molar-refractivity contribution in [3.63, 3.8) is 0 Å². The van der Waals surface area contributed by atoms with Crippen molar-refractivity contribution >= 4 is 11.9 Å². The number of carbonyl (C=O) groups excluding carboxylic acids is 2. The molecule has 0 radical (unpaired) electrons. The van der Waals surface area contributed by atoms with E-state index in [1.54, 1.807) is 0 Å². The quantitative estimate of drug-likeness (QED) is 0.496. The minimum atomic E-state index is -0.207. The number of piperidine rings is 2. The first-order chi connectivity index (χ1) is 16.0. The van der Waals surface area contributed by atoms with Crippen molar-refractivity contribution in [2.24, 2.45) is 5.92 Å². The number of allylic oxidation sites excluding steroid dienone is 2. The van der Waals surface area contributed by atoms with E-state index in [1.165, 1.54) is 27.8 Å². The number of fused-ring (bicyclic) bond motifs is 5. The number of ether oxygens (including phenoxy) is 1. The highest BCUT2D eigenvalue weighted by atomic mass is 16.6. The van der Waals surface area contributed by atoms with Gasteiger partial charge in [0.1, 0.15) is 12.4 Å². The fourth-order valence-electron chi connectivity index (χ4n) is 6.08. The molecule has 2 fully saturated rings. The summed E-state index contributed by atoms with van der Waals surface area (Å²) in [5.74, 6) is 0.457.